The summed E-state index contributed by atoms with van der Waals surface area (Å²) in [4.78, 5) is 14.4. The van der Waals surface area contributed by atoms with Gasteiger partial charge in [0.1, 0.15) is 5.60 Å². The number of carbonyl (C=O) groups excluding carboxylic acids is 1. The van der Waals surface area contributed by atoms with Crippen molar-refractivity contribution >= 4 is 11.4 Å². The molecule has 2 heteroatoms. The van der Waals surface area contributed by atoms with Gasteiger partial charge in [-0.25, -0.2) is 0 Å². The van der Waals surface area contributed by atoms with E-state index in [9.17, 15) is 4.79 Å². The maximum absolute atomic E-state index is 14.4. The molecule has 6 fully saturated rings. The van der Waals surface area contributed by atoms with Crippen molar-refractivity contribution in [3.8, 4) is 0 Å². The summed E-state index contributed by atoms with van der Waals surface area (Å²) in [5, 5.41) is 0. The summed E-state index contributed by atoms with van der Waals surface area (Å²) in [6.07, 6.45) is 13.2. The predicted molar refractivity (Wildman–Crippen MR) is 153 cm³/mol. The molecule has 1 spiro atoms. The number of benzene rings is 2. The Morgan fingerprint density at radius 3 is 2.26 bits per heavy atom. The van der Waals surface area contributed by atoms with Crippen molar-refractivity contribution in [2.24, 2.45) is 40.4 Å². The van der Waals surface area contributed by atoms with Gasteiger partial charge in [-0.3, -0.25) is 4.79 Å². The van der Waals surface area contributed by atoms with Crippen molar-refractivity contribution in [3.05, 3.63) is 77.9 Å². The first-order valence-electron chi connectivity index (χ1n) is 15.4. The van der Waals surface area contributed by atoms with E-state index >= 15 is 0 Å². The van der Waals surface area contributed by atoms with Crippen LogP contribution in [0.25, 0.3) is 5.57 Å². The molecule has 6 aliphatic rings. The topological polar surface area (TPSA) is 26.3 Å². The van der Waals surface area contributed by atoms with E-state index in [1.807, 2.05) is 0 Å². The molecular weight excluding hydrogens is 464 g/mol. The van der Waals surface area contributed by atoms with Crippen LogP contribution in [0.4, 0.5) is 0 Å². The highest BCUT2D eigenvalue weighted by Gasteiger charge is 2.74. The lowest BCUT2D eigenvalue weighted by Crippen LogP contribution is -2.75. The van der Waals surface area contributed by atoms with E-state index in [4.69, 9.17) is 4.74 Å². The van der Waals surface area contributed by atoms with Crippen molar-refractivity contribution in [2.45, 2.75) is 90.3 Å². The summed E-state index contributed by atoms with van der Waals surface area (Å²) in [5.41, 5.74) is 3.58. The fourth-order valence-corrected chi connectivity index (χ4v) is 10.7. The molecule has 2 aliphatic heterocycles. The molecule has 38 heavy (non-hydrogen) atoms. The third-order valence-electron chi connectivity index (χ3n) is 12.5. The zero-order chi connectivity index (χ0) is 26.1. The average Bonchev–Trinajstić information content (AvgIpc) is 3.26. The van der Waals surface area contributed by atoms with Gasteiger partial charge >= 0.3 is 0 Å². The summed E-state index contributed by atoms with van der Waals surface area (Å²) in [5.74, 6) is 3.34. The Kier molecular flexibility index (Phi) is 5.82. The highest BCUT2D eigenvalue weighted by atomic mass is 16.5. The first-order valence-corrected chi connectivity index (χ1v) is 15.4. The van der Waals surface area contributed by atoms with Crippen LogP contribution < -0.4 is 0 Å². The van der Waals surface area contributed by atoms with Crippen LogP contribution in [0.15, 0.2) is 66.7 Å². The van der Waals surface area contributed by atoms with Gasteiger partial charge in [-0.05, 0) is 103 Å². The number of hydrogen-bond acceptors (Lipinski definition) is 2. The molecule has 4 aliphatic carbocycles. The van der Waals surface area contributed by atoms with Gasteiger partial charge in [-0.15, -0.1) is 0 Å². The number of ether oxygens (including phenoxy) is 1. The van der Waals surface area contributed by atoms with Crippen molar-refractivity contribution in [3.63, 3.8) is 0 Å². The Labute approximate surface area is 229 Å². The smallest absolute Gasteiger partial charge is 0.166 e. The van der Waals surface area contributed by atoms with Crippen LogP contribution >= 0.6 is 0 Å². The summed E-state index contributed by atoms with van der Waals surface area (Å²) in [6, 6.07) is 21.6. The van der Waals surface area contributed by atoms with Crippen LogP contribution in [-0.4, -0.2) is 17.5 Å². The van der Waals surface area contributed by atoms with E-state index in [2.05, 4.69) is 87.5 Å². The predicted octanol–water partition coefficient (Wildman–Crippen LogP) is 8.50. The zero-order valence-electron chi connectivity index (χ0n) is 23.5. The number of rotatable bonds is 5. The fourth-order valence-electron chi connectivity index (χ4n) is 10.7. The summed E-state index contributed by atoms with van der Waals surface area (Å²) in [6.45, 7) is 7.38. The summed E-state index contributed by atoms with van der Waals surface area (Å²) in [7, 11) is 0. The molecule has 4 saturated carbocycles. The molecule has 0 amide bonds. The molecule has 0 unspecified atom stereocenters. The minimum absolute atomic E-state index is 0.0653. The van der Waals surface area contributed by atoms with E-state index in [-0.39, 0.29) is 10.8 Å². The second kappa shape index (κ2) is 8.91. The molecular formula is C36H44O2. The van der Waals surface area contributed by atoms with Crippen LogP contribution in [0.5, 0.6) is 0 Å². The van der Waals surface area contributed by atoms with Gasteiger partial charge in [-0.1, -0.05) is 87.5 Å². The summed E-state index contributed by atoms with van der Waals surface area (Å²) < 4.78 is 6.93. The molecule has 0 radical (unpaired) electrons. The standard InChI is InChI=1S/C36H44O2/c1-24(14-16-29(25-10-6-4-7-11-25)26-12-8-5-9-13-26)30-18-19-31-32-17-15-27-22-28-20-21-35(27,3)36(32,38-28)33(37)23-34(30,31)2/h4-13,16,24,27-28,30-32H,14-15,17-23H2,1-3H3/t24-,27+,28+,30-,31-,32+,34+,35-,36-/m0/s1. The maximum Gasteiger partial charge on any atom is 0.166 e. The fraction of sp³-hybridized carbons (Fsp3) is 0.583. The lowest BCUT2D eigenvalue weighted by molar-refractivity contribution is -0.307. The molecule has 8 rings (SSSR count). The Morgan fingerprint density at radius 2 is 1.58 bits per heavy atom. The second-order valence-corrected chi connectivity index (χ2v) is 14.0. The lowest BCUT2D eigenvalue weighted by atomic mass is 9.40. The van der Waals surface area contributed by atoms with Gasteiger partial charge in [0.25, 0.3) is 0 Å². The highest BCUT2D eigenvalue weighted by Crippen LogP contribution is 2.72. The van der Waals surface area contributed by atoms with Crippen molar-refractivity contribution in [1.82, 2.24) is 0 Å². The minimum atomic E-state index is -0.479. The van der Waals surface area contributed by atoms with Gasteiger partial charge in [0.2, 0.25) is 0 Å². The minimum Gasteiger partial charge on any atom is -0.363 e. The average molecular weight is 509 g/mol. The van der Waals surface area contributed by atoms with E-state index in [0.29, 0.717) is 41.5 Å². The van der Waals surface area contributed by atoms with E-state index in [0.717, 1.165) is 19.3 Å². The van der Waals surface area contributed by atoms with E-state index in [1.54, 1.807) is 0 Å². The van der Waals surface area contributed by atoms with Gasteiger partial charge in [-0.2, -0.15) is 0 Å². The molecule has 2 nitrogen and oxygen atoms in total. The molecule has 9 atom stereocenters. The lowest BCUT2D eigenvalue weighted by Gasteiger charge is -2.70. The Bertz CT molecular complexity index is 1190. The molecule has 2 heterocycles. The van der Waals surface area contributed by atoms with Crippen molar-refractivity contribution in [1.29, 1.82) is 0 Å². The Balaban J connectivity index is 1.17. The largest absolute Gasteiger partial charge is 0.363 e. The maximum atomic E-state index is 14.4. The molecule has 200 valence electrons. The number of fused-ring (bicyclic) bond motifs is 3. The number of carbonyl (C=O) groups is 1. The third kappa shape index (κ3) is 3.38. The summed E-state index contributed by atoms with van der Waals surface area (Å²) >= 11 is 0. The SMILES string of the molecule is C[C@@H](CC=C(c1ccccc1)c1ccccc1)[C@@H]1CC[C@H]2[C@H]3CC[C@@H]4C[C@H]5CC[C@]4(C)[C@@]3(O5)C(=O)C[C@@]21C. The third-order valence-corrected chi connectivity index (χ3v) is 12.5. The molecule has 2 saturated heterocycles. The van der Waals surface area contributed by atoms with Crippen LogP contribution in [0.3, 0.4) is 0 Å². The zero-order valence-corrected chi connectivity index (χ0v) is 23.5. The number of ketones is 1. The van der Waals surface area contributed by atoms with Gasteiger partial charge < -0.3 is 4.74 Å². The first-order chi connectivity index (χ1) is 18.4. The molecule has 0 aromatic heterocycles. The van der Waals surface area contributed by atoms with Gasteiger partial charge in [0.05, 0.1) is 6.10 Å². The van der Waals surface area contributed by atoms with Crippen LogP contribution in [0.2, 0.25) is 0 Å². The number of hydrogen-bond donors (Lipinski definition) is 0. The first kappa shape index (κ1) is 24.8. The number of allylic oxidation sites excluding steroid dienone is 1. The molecule has 2 aromatic rings. The van der Waals surface area contributed by atoms with Crippen molar-refractivity contribution < 1.29 is 9.53 Å². The van der Waals surface area contributed by atoms with Gasteiger partial charge in [0.15, 0.2) is 5.78 Å². The molecule has 4 bridgehead atoms. The Hall–Kier alpha value is -2.19. The van der Waals surface area contributed by atoms with Crippen LogP contribution in [0.1, 0.15) is 89.7 Å². The van der Waals surface area contributed by atoms with E-state index < -0.39 is 5.60 Å². The normalized spacial score (nSPS) is 41.8. The molecule has 2 aromatic carbocycles. The quantitative estimate of drug-likeness (QED) is 0.405. The highest BCUT2D eigenvalue weighted by molar-refractivity contribution is 5.91. The van der Waals surface area contributed by atoms with Crippen LogP contribution in [0, 0.1) is 40.4 Å². The number of Topliss-reactive ketones (excluding diaryl/α,β-unsaturated/α-hetero) is 1. The molecule has 0 N–H and O–H groups in total. The monoisotopic (exact) mass is 508 g/mol. The Morgan fingerprint density at radius 1 is 0.921 bits per heavy atom. The van der Waals surface area contributed by atoms with Crippen LogP contribution in [-0.2, 0) is 9.53 Å². The second-order valence-electron chi connectivity index (χ2n) is 14.0. The van der Waals surface area contributed by atoms with E-state index in [1.165, 1.54) is 55.2 Å². The van der Waals surface area contributed by atoms with Crippen molar-refractivity contribution in [2.75, 3.05) is 0 Å². The van der Waals surface area contributed by atoms with Gasteiger partial charge in [0, 0.05) is 11.8 Å².